The molecule has 2 amide bonds. The molecular formula is C18H22N6OS. The van der Waals surface area contributed by atoms with E-state index in [4.69, 9.17) is 0 Å². The van der Waals surface area contributed by atoms with Crippen molar-refractivity contribution in [3.63, 3.8) is 0 Å². The van der Waals surface area contributed by atoms with Crippen molar-refractivity contribution >= 4 is 29.6 Å². The Morgan fingerprint density at radius 2 is 1.77 bits per heavy atom. The normalized spacial score (nSPS) is 17.8. The van der Waals surface area contributed by atoms with Crippen LogP contribution in [0.5, 0.6) is 0 Å². The Morgan fingerprint density at radius 1 is 1.00 bits per heavy atom. The third-order valence-corrected chi connectivity index (χ3v) is 5.73. The Kier molecular flexibility index (Phi) is 5.21. The fourth-order valence-corrected chi connectivity index (χ4v) is 4.14. The molecular weight excluding hydrogens is 348 g/mol. The first kappa shape index (κ1) is 17.1. The lowest BCUT2D eigenvalue weighted by Gasteiger charge is -2.35. The molecule has 8 heteroatoms. The zero-order valence-corrected chi connectivity index (χ0v) is 15.4. The highest BCUT2D eigenvalue weighted by molar-refractivity contribution is 7.97. The standard InChI is InChI=1S/C18H22N6OS/c25-18-21-15-5-1-2-6-16(15)26-24(18)10-4-9-22-11-13-23(14-12-22)17-19-7-3-8-20-17/h1-3,5-8H,4,9-14H2,(H,21,25). The molecule has 2 aromatic rings. The second-order valence-corrected chi connectivity index (χ2v) is 7.41. The minimum Gasteiger partial charge on any atom is -0.338 e. The van der Waals surface area contributed by atoms with Crippen LogP contribution < -0.4 is 10.2 Å². The largest absolute Gasteiger partial charge is 0.338 e. The van der Waals surface area contributed by atoms with Gasteiger partial charge in [-0.05, 0) is 36.6 Å². The SMILES string of the molecule is O=C1Nc2ccccc2SN1CCCN1CCN(c2ncccn2)CC1. The van der Waals surface area contributed by atoms with E-state index in [0.29, 0.717) is 0 Å². The van der Waals surface area contributed by atoms with Crippen molar-refractivity contribution in [3.8, 4) is 0 Å². The summed E-state index contributed by atoms with van der Waals surface area (Å²) in [6.45, 7) is 5.62. The van der Waals surface area contributed by atoms with Crippen LogP contribution in [0, 0.1) is 0 Å². The van der Waals surface area contributed by atoms with Gasteiger partial charge in [0.15, 0.2) is 0 Å². The minimum atomic E-state index is -0.0280. The number of aromatic nitrogens is 2. The monoisotopic (exact) mass is 370 g/mol. The number of fused-ring (bicyclic) bond motifs is 1. The predicted octanol–water partition coefficient (Wildman–Crippen LogP) is 2.54. The fraction of sp³-hybridized carbons (Fsp3) is 0.389. The van der Waals surface area contributed by atoms with Crippen LogP contribution in [0.15, 0.2) is 47.6 Å². The first-order chi connectivity index (χ1) is 12.8. The maximum Gasteiger partial charge on any atom is 0.332 e. The highest BCUT2D eigenvalue weighted by Crippen LogP contribution is 2.34. The summed E-state index contributed by atoms with van der Waals surface area (Å²) < 4.78 is 1.82. The summed E-state index contributed by atoms with van der Waals surface area (Å²) in [5.74, 6) is 0.812. The molecule has 136 valence electrons. The quantitative estimate of drug-likeness (QED) is 0.816. The molecule has 0 radical (unpaired) electrons. The average molecular weight is 370 g/mol. The predicted molar refractivity (Wildman–Crippen MR) is 103 cm³/mol. The van der Waals surface area contributed by atoms with Crippen molar-refractivity contribution in [1.82, 2.24) is 19.2 Å². The van der Waals surface area contributed by atoms with E-state index >= 15 is 0 Å². The second-order valence-electron chi connectivity index (χ2n) is 6.35. The molecule has 2 aliphatic rings. The van der Waals surface area contributed by atoms with Crippen LogP contribution in [-0.4, -0.2) is 64.5 Å². The number of carbonyl (C=O) groups excluding carboxylic acids is 1. The zero-order chi connectivity index (χ0) is 17.8. The molecule has 0 spiro atoms. The Balaban J connectivity index is 1.22. The van der Waals surface area contributed by atoms with Crippen LogP contribution in [0.3, 0.4) is 0 Å². The summed E-state index contributed by atoms with van der Waals surface area (Å²) in [6, 6.07) is 9.73. The van der Waals surface area contributed by atoms with Crippen molar-refractivity contribution in [2.75, 3.05) is 49.5 Å². The smallest absolute Gasteiger partial charge is 0.332 e. The van der Waals surface area contributed by atoms with Gasteiger partial charge in [-0.3, -0.25) is 9.21 Å². The number of piperazine rings is 1. The van der Waals surface area contributed by atoms with Gasteiger partial charge in [0.25, 0.3) is 0 Å². The Hall–Kier alpha value is -2.32. The number of carbonyl (C=O) groups is 1. The molecule has 0 atom stereocenters. The topological polar surface area (TPSA) is 64.6 Å². The van der Waals surface area contributed by atoms with E-state index in [-0.39, 0.29) is 6.03 Å². The highest BCUT2D eigenvalue weighted by Gasteiger charge is 2.24. The summed E-state index contributed by atoms with van der Waals surface area (Å²) >= 11 is 1.53. The fourth-order valence-electron chi connectivity index (χ4n) is 3.20. The molecule has 0 unspecified atom stereocenters. The van der Waals surface area contributed by atoms with Gasteiger partial charge < -0.3 is 10.2 Å². The Bertz CT molecular complexity index is 750. The van der Waals surface area contributed by atoms with Gasteiger partial charge >= 0.3 is 6.03 Å². The van der Waals surface area contributed by atoms with E-state index in [0.717, 1.165) is 62.2 Å². The number of para-hydroxylation sites is 1. The van der Waals surface area contributed by atoms with Crippen LogP contribution >= 0.6 is 11.9 Å². The molecule has 3 heterocycles. The molecule has 1 fully saturated rings. The van der Waals surface area contributed by atoms with Gasteiger partial charge in [-0.25, -0.2) is 14.8 Å². The van der Waals surface area contributed by atoms with Gasteiger partial charge in [-0.2, -0.15) is 0 Å². The van der Waals surface area contributed by atoms with Gasteiger partial charge in [-0.1, -0.05) is 12.1 Å². The summed E-state index contributed by atoms with van der Waals surface area (Å²) in [5, 5.41) is 2.95. The zero-order valence-electron chi connectivity index (χ0n) is 14.5. The molecule has 0 aliphatic carbocycles. The van der Waals surface area contributed by atoms with E-state index < -0.39 is 0 Å². The molecule has 1 saturated heterocycles. The molecule has 1 N–H and O–H groups in total. The number of benzene rings is 1. The average Bonchev–Trinajstić information content (AvgIpc) is 2.69. The second kappa shape index (κ2) is 7.92. The Morgan fingerprint density at radius 3 is 2.58 bits per heavy atom. The lowest BCUT2D eigenvalue weighted by atomic mass is 10.3. The van der Waals surface area contributed by atoms with Gasteiger partial charge in [0, 0.05) is 51.7 Å². The maximum absolute atomic E-state index is 12.2. The third-order valence-electron chi connectivity index (χ3n) is 4.61. The first-order valence-electron chi connectivity index (χ1n) is 8.89. The van der Waals surface area contributed by atoms with E-state index in [1.807, 2.05) is 34.6 Å². The molecule has 0 bridgehead atoms. The molecule has 26 heavy (non-hydrogen) atoms. The number of nitrogens with one attached hydrogen (secondary N) is 1. The van der Waals surface area contributed by atoms with E-state index in [1.54, 1.807) is 12.4 Å². The van der Waals surface area contributed by atoms with Crippen molar-refractivity contribution < 1.29 is 4.79 Å². The molecule has 0 saturated carbocycles. The van der Waals surface area contributed by atoms with E-state index in [9.17, 15) is 4.79 Å². The summed E-state index contributed by atoms with van der Waals surface area (Å²) in [6.07, 6.45) is 4.53. The first-order valence-corrected chi connectivity index (χ1v) is 9.67. The van der Waals surface area contributed by atoms with Crippen LogP contribution in [0.2, 0.25) is 0 Å². The maximum atomic E-state index is 12.2. The van der Waals surface area contributed by atoms with Crippen LogP contribution in [-0.2, 0) is 0 Å². The number of anilines is 2. The van der Waals surface area contributed by atoms with Crippen molar-refractivity contribution in [2.24, 2.45) is 0 Å². The third kappa shape index (κ3) is 3.91. The van der Waals surface area contributed by atoms with Crippen molar-refractivity contribution in [2.45, 2.75) is 11.3 Å². The summed E-state index contributed by atoms with van der Waals surface area (Å²) in [7, 11) is 0. The number of rotatable bonds is 5. The lowest BCUT2D eigenvalue weighted by Crippen LogP contribution is -2.47. The number of amides is 2. The van der Waals surface area contributed by atoms with Crippen LogP contribution in [0.4, 0.5) is 16.4 Å². The minimum absolute atomic E-state index is 0.0280. The summed E-state index contributed by atoms with van der Waals surface area (Å²) in [4.78, 5) is 26.6. The molecule has 4 rings (SSSR count). The number of hydrogen-bond donors (Lipinski definition) is 1. The van der Waals surface area contributed by atoms with Crippen LogP contribution in [0.25, 0.3) is 0 Å². The molecule has 1 aromatic carbocycles. The number of nitrogens with zero attached hydrogens (tertiary/aromatic N) is 5. The molecule has 7 nitrogen and oxygen atoms in total. The van der Waals surface area contributed by atoms with Crippen molar-refractivity contribution in [3.05, 3.63) is 42.7 Å². The highest BCUT2D eigenvalue weighted by atomic mass is 32.2. The van der Waals surface area contributed by atoms with Gasteiger partial charge in [0.1, 0.15) is 0 Å². The van der Waals surface area contributed by atoms with E-state index in [2.05, 4.69) is 25.1 Å². The Labute approximate surface area is 157 Å². The number of hydrogen-bond acceptors (Lipinski definition) is 6. The van der Waals surface area contributed by atoms with Crippen LogP contribution in [0.1, 0.15) is 6.42 Å². The van der Waals surface area contributed by atoms with Crippen molar-refractivity contribution in [1.29, 1.82) is 0 Å². The molecule has 2 aliphatic heterocycles. The number of urea groups is 1. The van der Waals surface area contributed by atoms with E-state index in [1.165, 1.54) is 11.9 Å². The molecule has 1 aromatic heterocycles. The summed E-state index contributed by atoms with van der Waals surface area (Å²) in [5.41, 5.74) is 0.901. The lowest BCUT2D eigenvalue weighted by molar-refractivity contribution is 0.228. The van der Waals surface area contributed by atoms with Gasteiger partial charge in [0.05, 0.1) is 10.6 Å². The van der Waals surface area contributed by atoms with Gasteiger partial charge in [-0.15, -0.1) is 0 Å². The van der Waals surface area contributed by atoms with Gasteiger partial charge in [0.2, 0.25) is 5.95 Å².